The number of methoxy groups -OCH3 is 1. The van der Waals surface area contributed by atoms with Crippen LogP contribution in [0.15, 0.2) is 48.9 Å². The number of rotatable bonds is 12. The average Bonchev–Trinajstić information content (AvgIpc) is 3.36. The summed E-state index contributed by atoms with van der Waals surface area (Å²) < 4.78 is 41.2. The number of nitrogens with zero attached hydrogens (tertiary/aromatic N) is 3. The quantitative estimate of drug-likeness (QED) is 0.193. The van der Waals surface area contributed by atoms with Crippen molar-refractivity contribution in [3.8, 4) is 17.0 Å². The van der Waals surface area contributed by atoms with E-state index in [9.17, 15) is 18.4 Å². The van der Waals surface area contributed by atoms with Crippen LogP contribution >= 0.6 is 0 Å². The largest absolute Gasteiger partial charge is 0.497 e. The normalized spacial score (nSPS) is 10.9. The van der Waals surface area contributed by atoms with Gasteiger partial charge < -0.3 is 30.5 Å². The first-order valence-electron chi connectivity index (χ1n) is 12.4. The zero-order valence-corrected chi connectivity index (χ0v) is 21.8. The van der Waals surface area contributed by atoms with Gasteiger partial charge in [-0.25, -0.2) is 23.5 Å². The van der Waals surface area contributed by atoms with Gasteiger partial charge in [-0.3, -0.25) is 9.20 Å². The van der Waals surface area contributed by atoms with Crippen LogP contribution in [0.2, 0.25) is 0 Å². The fourth-order valence-electron chi connectivity index (χ4n) is 4.09. The molecular formula is C27H28F2N6O5. The number of benzene rings is 2. The molecule has 4 rings (SSSR count). The Morgan fingerprint density at radius 3 is 2.45 bits per heavy atom. The minimum absolute atomic E-state index is 0.0688. The SMILES string of the molecule is CCc1cc(Nc2nccn3c(-c4c(F)cc(OC)cc4F)cnc23)ccc1C(=O)NCCOCCNC(=O)O. The molecule has 0 fully saturated rings. The molecule has 4 N–H and O–H groups in total. The lowest BCUT2D eigenvalue weighted by Gasteiger charge is -2.13. The van der Waals surface area contributed by atoms with Gasteiger partial charge >= 0.3 is 6.09 Å². The van der Waals surface area contributed by atoms with E-state index >= 15 is 0 Å². The van der Waals surface area contributed by atoms with E-state index in [1.165, 1.54) is 23.9 Å². The fourth-order valence-corrected chi connectivity index (χ4v) is 4.09. The summed E-state index contributed by atoms with van der Waals surface area (Å²) in [7, 11) is 1.33. The number of fused-ring (bicyclic) bond motifs is 1. The topological polar surface area (TPSA) is 139 Å². The smallest absolute Gasteiger partial charge is 0.404 e. The van der Waals surface area contributed by atoms with Crippen molar-refractivity contribution in [3.05, 3.63) is 71.7 Å². The van der Waals surface area contributed by atoms with Gasteiger partial charge in [0.05, 0.1) is 37.8 Å². The number of carbonyl (C=O) groups excluding carboxylic acids is 1. The second-order valence-electron chi connectivity index (χ2n) is 8.53. The molecule has 210 valence electrons. The lowest BCUT2D eigenvalue weighted by Crippen LogP contribution is -2.30. The predicted molar refractivity (Wildman–Crippen MR) is 143 cm³/mol. The number of halogens is 2. The molecule has 0 aliphatic heterocycles. The molecule has 0 aliphatic rings. The number of aryl methyl sites for hydroxylation is 1. The molecule has 0 spiro atoms. The molecule has 13 heteroatoms. The van der Waals surface area contributed by atoms with Gasteiger partial charge in [-0.2, -0.15) is 0 Å². The van der Waals surface area contributed by atoms with Crippen molar-refractivity contribution < 1.29 is 33.0 Å². The number of aromatic nitrogens is 3. The number of hydrogen-bond donors (Lipinski definition) is 4. The molecular weight excluding hydrogens is 526 g/mol. The molecule has 0 radical (unpaired) electrons. The summed E-state index contributed by atoms with van der Waals surface area (Å²) in [5.41, 5.74) is 2.26. The van der Waals surface area contributed by atoms with Crippen molar-refractivity contribution in [1.29, 1.82) is 0 Å². The van der Waals surface area contributed by atoms with Crippen molar-refractivity contribution in [1.82, 2.24) is 25.0 Å². The minimum atomic E-state index is -1.12. The summed E-state index contributed by atoms with van der Waals surface area (Å²) in [6.45, 7) is 2.78. The fraction of sp³-hybridized carbons (Fsp3) is 0.259. The highest BCUT2D eigenvalue weighted by Crippen LogP contribution is 2.32. The van der Waals surface area contributed by atoms with Crippen LogP contribution in [0.25, 0.3) is 16.9 Å². The average molecular weight is 555 g/mol. The maximum Gasteiger partial charge on any atom is 0.404 e. The summed E-state index contributed by atoms with van der Waals surface area (Å²) >= 11 is 0. The summed E-state index contributed by atoms with van der Waals surface area (Å²) in [5.74, 6) is -1.41. The second-order valence-corrected chi connectivity index (χ2v) is 8.53. The van der Waals surface area contributed by atoms with E-state index in [1.54, 1.807) is 18.3 Å². The predicted octanol–water partition coefficient (Wildman–Crippen LogP) is 4.00. The Bertz CT molecular complexity index is 1500. The summed E-state index contributed by atoms with van der Waals surface area (Å²) in [4.78, 5) is 31.8. The van der Waals surface area contributed by atoms with Crippen LogP contribution in [0.5, 0.6) is 5.75 Å². The molecule has 0 atom stereocenters. The van der Waals surface area contributed by atoms with E-state index in [0.717, 1.165) is 17.7 Å². The summed E-state index contributed by atoms with van der Waals surface area (Å²) in [6, 6.07) is 7.44. The highest BCUT2D eigenvalue weighted by Gasteiger charge is 2.19. The Morgan fingerprint density at radius 2 is 1.77 bits per heavy atom. The minimum Gasteiger partial charge on any atom is -0.497 e. The van der Waals surface area contributed by atoms with Crippen LogP contribution in [-0.2, 0) is 11.2 Å². The number of anilines is 2. The van der Waals surface area contributed by atoms with Crippen LogP contribution < -0.4 is 20.7 Å². The molecule has 2 aromatic heterocycles. The lowest BCUT2D eigenvalue weighted by molar-refractivity contribution is 0.0916. The number of nitrogens with one attached hydrogen (secondary N) is 3. The van der Waals surface area contributed by atoms with Crippen molar-refractivity contribution >= 4 is 29.2 Å². The van der Waals surface area contributed by atoms with Crippen LogP contribution in [0.3, 0.4) is 0 Å². The lowest BCUT2D eigenvalue weighted by atomic mass is 10.0. The zero-order chi connectivity index (χ0) is 28.6. The highest BCUT2D eigenvalue weighted by atomic mass is 19.1. The van der Waals surface area contributed by atoms with Gasteiger partial charge in [0, 0.05) is 48.9 Å². The van der Waals surface area contributed by atoms with Crippen LogP contribution in [0, 0.1) is 11.6 Å². The Morgan fingerprint density at radius 1 is 1.05 bits per heavy atom. The summed E-state index contributed by atoms with van der Waals surface area (Å²) in [6.07, 6.45) is 3.87. The van der Waals surface area contributed by atoms with E-state index < -0.39 is 17.7 Å². The van der Waals surface area contributed by atoms with Crippen molar-refractivity contribution in [3.63, 3.8) is 0 Å². The van der Waals surface area contributed by atoms with E-state index in [2.05, 4.69) is 25.9 Å². The number of hydrogen-bond acceptors (Lipinski definition) is 7. The van der Waals surface area contributed by atoms with E-state index in [-0.39, 0.29) is 49.2 Å². The Labute approximate surface area is 228 Å². The molecule has 2 amide bonds. The molecule has 0 saturated carbocycles. The number of carbonyl (C=O) groups is 2. The maximum atomic E-state index is 14.7. The molecule has 2 aromatic carbocycles. The van der Waals surface area contributed by atoms with E-state index in [4.69, 9.17) is 14.6 Å². The molecule has 2 heterocycles. The molecule has 0 unspecified atom stereocenters. The van der Waals surface area contributed by atoms with Crippen LogP contribution in [0.4, 0.5) is 25.1 Å². The van der Waals surface area contributed by atoms with Gasteiger partial charge in [0.1, 0.15) is 17.4 Å². The van der Waals surface area contributed by atoms with Gasteiger partial charge in [0.2, 0.25) is 0 Å². The third kappa shape index (κ3) is 6.43. The van der Waals surface area contributed by atoms with Crippen molar-refractivity contribution in [2.45, 2.75) is 13.3 Å². The van der Waals surface area contributed by atoms with Crippen LogP contribution in [0.1, 0.15) is 22.8 Å². The number of ether oxygens (including phenoxy) is 2. The zero-order valence-electron chi connectivity index (χ0n) is 21.8. The number of imidazole rings is 1. The first kappa shape index (κ1) is 28.2. The third-order valence-corrected chi connectivity index (χ3v) is 5.98. The number of carboxylic acid groups (broad SMARTS) is 1. The molecule has 4 aromatic rings. The summed E-state index contributed by atoms with van der Waals surface area (Å²) in [5, 5.41) is 16.7. The second kappa shape index (κ2) is 12.8. The van der Waals surface area contributed by atoms with Gasteiger partial charge in [-0.05, 0) is 30.2 Å². The Hall–Kier alpha value is -4.78. The first-order valence-corrected chi connectivity index (χ1v) is 12.4. The molecule has 40 heavy (non-hydrogen) atoms. The van der Waals surface area contributed by atoms with Crippen LogP contribution in [-0.4, -0.2) is 64.9 Å². The molecule has 0 saturated heterocycles. The van der Waals surface area contributed by atoms with E-state index in [1.807, 2.05) is 13.0 Å². The van der Waals surface area contributed by atoms with Gasteiger partial charge in [-0.1, -0.05) is 6.92 Å². The van der Waals surface area contributed by atoms with Crippen molar-refractivity contribution in [2.75, 3.05) is 38.7 Å². The van der Waals surface area contributed by atoms with Gasteiger partial charge in [-0.15, -0.1) is 0 Å². The molecule has 11 nitrogen and oxygen atoms in total. The monoisotopic (exact) mass is 554 g/mol. The van der Waals surface area contributed by atoms with E-state index in [0.29, 0.717) is 29.1 Å². The highest BCUT2D eigenvalue weighted by molar-refractivity contribution is 5.96. The molecule has 0 bridgehead atoms. The third-order valence-electron chi connectivity index (χ3n) is 5.98. The Balaban J connectivity index is 1.47. The van der Waals surface area contributed by atoms with Crippen molar-refractivity contribution in [2.24, 2.45) is 0 Å². The van der Waals surface area contributed by atoms with Gasteiger partial charge in [0.15, 0.2) is 11.5 Å². The molecule has 0 aliphatic carbocycles. The van der Waals surface area contributed by atoms with Gasteiger partial charge in [0.25, 0.3) is 5.91 Å². The maximum absolute atomic E-state index is 14.7. The standard InChI is InChI=1S/C27H28F2N6O5/c1-3-16-12-17(4-5-19(16)26(36)31-7-10-40-11-8-32-27(37)38)34-24-25-33-15-22(35(25)9-6-30-24)23-20(28)13-18(39-2)14-21(23)29/h4-6,9,12-15,32H,3,7-8,10-11H2,1-2H3,(H,30,34)(H,31,36)(H,37,38). The first-order chi connectivity index (χ1) is 19.3. The Kier molecular flexibility index (Phi) is 9.07. The number of amides is 2.